The van der Waals surface area contributed by atoms with E-state index < -0.39 is 0 Å². The Kier molecular flexibility index (Phi) is 4.05. The molecule has 16 heavy (non-hydrogen) atoms. The van der Waals surface area contributed by atoms with Crippen LogP contribution in [0.3, 0.4) is 0 Å². The Morgan fingerprint density at radius 3 is 2.75 bits per heavy atom. The Bertz CT molecular complexity index is 321. The molecule has 0 amide bonds. The van der Waals surface area contributed by atoms with Gasteiger partial charge in [-0.05, 0) is 37.3 Å². The molecule has 3 heteroatoms. The largest absolute Gasteiger partial charge is 0.397 e. The highest BCUT2D eigenvalue weighted by Gasteiger charge is 2.12. The predicted molar refractivity (Wildman–Crippen MR) is 67.5 cm³/mol. The molecule has 0 unspecified atom stereocenters. The van der Waals surface area contributed by atoms with E-state index in [4.69, 9.17) is 10.5 Å². The van der Waals surface area contributed by atoms with Gasteiger partial charge >= 0.3 is 0 Å². The van der Waals surface area contributed by atoms with Gasteiger partial charge in [-0.3, -0.25) is 0 Å². The third-order valence-electron chi connectivity index (χ3n) is 3.17. The number of para-hydroxylation sites is 2. The number of benzene rings is 1. The van der Waals surface area contributed by atoms with Gasteiger partial charge in [-0.1, -0.05) is 12.1 Å². The summed E-state index contributed by atoms with van der Waals surface area (Å²) in [4.78, 5) is 0. The van der Waals surface area contributed by atoms with E-state index >= 15 is 0 Å². The number of hydrogen-bond donors (Lipinski definition) is 2. The SMILES string of the molecule is Nc1ccccc1NCCC1CCOCC1. The van der Waals surface area contributed by atoms with Crippen LogP contribution in [0.4, 0.5) is 11.4 Å². The van der Waals surface area contributed by atoms with Crippen LogP contribution in [0.5, 0.6) is 0 Å². The molecule has 1 saturated heterocycles. The smallest absolute Gasteiger partial charge is 0.0573 e. The fraction of sp³-hybridized carbons (Fsp3) is 0.538. The van der Waals surface area contributed by atoms with Crippen molar-refractivity contribution in [3.63, 3.8) is 0 Å². The van der Waals surface area contributed by atoms with E-state index in [0.29, 0.717) is 0 Å². The summed E-state index contributed by atoms with van der Waals surface area (Å²) < 4.78 is 5.34. The molecule has 1 heterocycles. The van der Waals surface area contributed by atoms with E-state index in [0.717, 1.165) is 37.1 Å². The fourth-order valence-corrected chi connectivity index (χ4v) is 2.10. The monoisotopic (exact) mass is 220 g/mol. The first-order valence-corrected chi connectivity index (χ1v) is 6.02. The van der Waals surface area contributed by atoms with Gasteiger partial charge in [-0.25, -0.2) is 0 Å². The van der Waals surface area contributed by atoms with Crippen LogP contribution in [0.1, 0.15) is 19.3 Å². The maximum Gasteiger partial charge on any atom is 0.0573 e. The quantitative estimate of drug-likeness (QED) is 0.766. The van der Waals surface area contributed by atoms with Gasteiger partial charge in [-0.2, -0.15) is 0 Å². The van der Waals surface area contributed by atoms with Gasteiger partial charge in [0.1, 0.15) is 0 Å². The number of nitrogen functional groups attached to an aromatic ring is 1. The van der Waals surface area contributed by atoms with Gasteiger partial charge < -0.3 is 15.8 Å². The second-order valence-electron chi connectivity index (χ2n) is 4.36. The molecule has 1 aromatic rings. The molecule has 0 radical (unpaired) electrons. The Labute approximate surface area is 97.0 Å². The van der Waals surface area contributed by atoms with Crippen LogP contribution >= 0.6 is 0 Å². The Hall–Kier alpha value is -1.22. The number of nitrogens with two attached hydrogens (primary N) is 1. The molecule has 3 nitrogen and oxygen atoms in total. The Balaban J connectivity index is 1.73. The molecule has 1 aromatic carbocycles. The van der Waals surface area contributed by atoms with Gasteiger partial charge in [-0.15, -0.1) is 0 Å². The first-order chi connectivity index (χ1) is 7.86. The summed E-state index contributed by atoms with van der Waals surface area (Å²) in [5, 5.41) is 3.39. The van der Waals surface area contributed by atoms with Gasteiger partial charge in [0.15, 0.2) is 0 Å². The molecule has 2 rings (SSSR count). The van der Waals surface area contributed by atoms with Crippen molar-refractivity contribution >= 4 is 11.4 Å². The van der Waals surface area contributed by atoms with Crippen molar-refractivity contribution in [2.75, 3.05) is 30.8 Å². The Morgan fingerprint density at radius 2 is 2.00 bits per heavy atom. The maximum absolute atomic E-state index is 5.86. The molecule has 0 aliphatic carbocycles. The van der Waals surface area contributed by atoms with Crippen LogP contribution in [-0.4, -0.2) is 19.8 Å². The second-order valence-corrected chi connectivity index (χ2v) is 4.36. The standard InChI is InChI=1S/C13H20N2O/c14-12-3-1-2-4-13(12)15-8-5-11-6-9-16-10-7-11/h1-4,11,15H,5-10,14H2. The minimum atomic E-state index is 0.811. The highest BCUT2D eigenvalue weighted by Crippen LogP contribution is 2.20. The minimum absolute atomic E-state index is 0.811. The van der Waals surface area contributed by atoms with Crippen LogP contribution in [0.2, 0.25) is 0 Å². The number of anilines is 2. The van der Waals surface area contributed by atoms with E-state index in [-0.39, 0.29) is 0 Å². The molecular formula is C13H20N2O. The van der Waals surface area contributed by atoms with Crippen LogP contribution in [-0.2, 0) is 4.74 Å². The van der Waals surface area contributed by atoms with Crippen molar-refractivity contribution in [1.82, 2.24) is 0 Å². The van der Waals surface area contributed by atoms with Crippen LogP contribution in [0, 0.1) is 5.92 Å². The molecule has 1 aliphatic rings. The molecule has 1 fully saturated rings. The molecule has 0 bridgehead atoms. The van der Waals surface area contributed by atoms with E-state index in [2.05, 4.69) is 5.32 Å². The van der Waals surface area contributed by atoms with Crippen molar-refractivity contribution in [3.05, 3.63) is 24.3 Å². The molecule has 0 saturated carbocycles. The molecule has 0 spiro atoms. The first kappa shape index (κ1) is 11.3. The number of ether oxygens (including phenoxy) is 1. The van der Waals surface area contributed by atoms with E-state index in [1.54, 1.807) is 0 Å². The summed E-state index contributed by atoms with van der Waals surface area (Å²) in [5.74, 6) is 0.811. The summed E-state index contributed by atoms with van der Waals surface area (Å²) in [5.41, 5.74) is 7.74. The lowest BCUT2D eigenvalue weighted by Crippen LogP contribution is -2.18. The lowest BCUT2D eigenvalue weighted by molar-refractivity contribution is 0.0649. The zero-order chi connectivity index (χ0) is 11.2. The number of nitrogens with one attached hydrogen (secondary N) is 1. The zero-order valence-corrected chi connectivity index (χ0v) is 9.61. The number of hydrogen-bond acceptors (Lipinski definition) is 3. The lowest BCUT2D eigenvalue weighted by Gasteiger charge is -2.22. The first-order valence-electron chi connectivity index (χ1n) is 6.02. The molecule has 1 aliphatic heterocycles. The van der Waals surface area contributed by atoms with E-state index in [1.165, 1.54) is 19.3 Å². The Morgan fingerprint density at radius 1 is 1.25 bits per heavy atom. The highest BCUT2D eigenvalue weighted by atomic mass is 16.5. The van der Waals surface area contributed by atoms with E-state index in [9.17, 15) is 0 Å². The van der Waals surface area contributed by atoms with Gasteiger partial charge in [0.25, 0.3) is 0 Å². The zero-order valence-electron chi connectivity index (χ0n) is 9.61. The van der Waals surface area contributed by atoms with Crippen molar-refractivity contribution in [2.24, 2.45) is 5.92 Å². The predicted octanol–water partition coefficient (Wildman–Crippen LogP) is 2.50. The summed E-state index contributed by atoms with van der Waals surface area (Å²) in [6, 6.07) is 7.92. The van der Waals surface area contributed by atoms with E-state index in [1.807, 2.05) is 24.3 Å². The summed E-state index contributed by atoms with van der Waals surface area (Å²) in [6.07, 6.45) is 3.61. The van der Waals surface area contributed by atoms with Gasteiger partial charge in [0.2, 0.25) is 0 Å². The van der Waals surface area contributed by atoms with Crippen molar-refractivity contribution in [2.45, 2.75) is 19.3 Å². The summed E-state index contributed by atoms with van der Waals surface area (Å²) >= 11 is 0. The number of rotatable bonds is 4. The summed E-state index contributed by atoms with van der Waals surface area (Å²) in [6.45, 7) is 2.86. The van der Waals surface area contributed by atoms with Gasteiger partial charge in [0, 0.05) is 19.8 Å². The average molecular weight is 220 g/mol. The van der Waals surface area contributed by atoms with Crippen LogP contribution in [0.15, 0.2) is 24.3 Å². The molecule has 88 valence electrons. The average Bonchev–Trinajstić information content (AvgIpc) is 2.33. The van der Waals surface area contributed by atoms with Crippen LogP contribution in [0.25, 0.3) is 0 Å². The molecular weight excluding hydrogens is 200 g/mol. The summed E-state index contributed by atoms with van der Waals surface area (Å²) in [7, 11) is 0. The normalized spacial score (nSPS) is 17.2. The lowest BCUT2D eigenvalue weighted by atomic mass is 9.97. The van der Waals surface area contributed by atoms with Crippen molar-refractivity contribution in [3.8, 4) is 0 Å². The third-order valence-corrected chi connectivity index (χ3v) is 3.17. The van der Waals surface area contributed by atoms with Crippen molar-refractivity contribution < 1.29 is 4.74 Å². The third kappa shape index (κ3) is 3.14. The van der Waals surface area contributed by atoms with Crippen LogP contribution < -0.4 is 11.1 Å². The fourth-order valence-electron chi connectivity index (χ4n) is 2.10. The maximum atomic E-state index is 5.86. The minimum Gasteiger partial charge on any atom is -0.397 e. The highest BCUT2D eigenvalue weighted by molar-refractivity contribution is 5.65. The second kappa shape index (κ2) is 5.75. The molecule has 0 atom stereocenters. The molecule has 3 N–H and O–H groups in total. The van der Waals surface area contributed by atoms with Crippen molar-refractivity contribution in [1.29, 1.82) is 0 Å². The molecule has 0 aromatic heterocycles. The topological polar surface area (TPSA) is 47.3 Å². The van der Waals surface area contributed by atoms with Gasteiger partial charge in [0.05, 0.1) is 11.4 Å².